The van der Waals surface area contributed by atoms with E-state index in [0.29, 0.717) is 0 Å². The van der Waals surface area contributed by atoms with Crippen LogP contribution in [0.1, 0.15) is 6.92 Å². The molecule has 9 heavy (non-hydrogen) atoms. The summed E-state index contributed by atoms with van der Waals surface area (Å²) in [6.45, 7) is 1.91. The Bertz CT molecular complexity index is 137. The third-order valence-electron chi connectivity index (χ3n) is 1.12. The largest absolute Gasteiger partial charge is 0.310 e. The van der Waals surface area contributed by atoms with Gasteiger partial charge in [-0.25, -0.2) is 0 Å². The maximum atomic E-state index is 5.55. The number of hydrazine groups is 1. The first-order valence-corrected chi connectivity index (χ1v) is 2.94. The molecule has 0 spiro atoms. The Hall–Kier alpha value is -0.960. The molecular formula is C6H11N3. The van der Waals surface area contributed by atoms with Crippen LogP contribution in [0.25, 0.3) is 0 Å². The van der Waals surface area contributed by atoms with Crippen LogP contribution in [-0.2, 0) is 0 Å². The van der Waals surface area contributed by atoms with Crippen LogP contribution in [0.4, 0.5) is 0 Å². The number of hydrogen-bond donors (Lipinski definition) is 2. The molecule has 0 radical (unpaired) electrons. The molecule has 1 aliphatic rings. The minimum Gasteiger partial charge on any atom is -0.310 e. The maximum Gasteiger partial charge on any atom is 0.0937 e. The maximum absolute atomic E-state index is 5.55. The Morgan fingerprint density at radius 1 is 1.56 bits per heavy atom. The van der Waals surface area contributed by atoms with Gasteiger partial charge in [-0.2, -0.15) is 0 Å². The highest BCUT2D eigenvalue weighted by Crippen LogP contribution is 1.93. The molecule has 1 heterocycles. The molecule has 1 atom stereocenters. The summed E-state index contributed by atoms with van der Waals surface area (Å²) in [7, 11) is 0. The molecule has 3 heteroatoms. The van der Waals surface area contributed by atoms with E-state index in [-0.39, 0.29) is 6.17 Å². The lowest BCUT2D eigenvalue weighted by molar-refractivity contribution is 0.244. The van der Waals surface area contributed by atoms with Gasteiger partial charge in [-0.3, -0.25) is 5.01 Å². The van der Waals surface area contributed by atoms with Crippen molar-refractivity contribution >= 4 is 0 Å². The van der Waals surface area contributed by atoms with Crippen molar-refractivity contribution in [3.63, 3.8) is 0 Å². The van der Waals surface area contributed by atoms with Gasteiger partial charge in [-0.05, 0) is 19.1 Å². The fourth-order valence-corrected chi connectivity index (χ4v) is 0.623. The van der Waals surface area contributed by atoms with Crippen molar-refractivity contribution in [3.8, 4) is 0 Å². The molecular weight excluding hydrogens is 114 g/mol. The van der Waals surface area contributed by atoms with Gasteiger partial charge >= 0.3 is 0 Å². The van der Waals surface area contributed by atoms with E-state index in [1.54, 1.807) is 0 Å². The summed E-state index contributed by atoms with van der Waals surface area (Å²) >= 11 is 0. The first-order chi connectivity index (χ1) is 4.30. The molecule has 0 saturated heterocycles. The highest BCUT2D eigenvalue weighted by Gasteiger charge is 2.01. The number of hydrogen-bond acceptors (Lipinski definition) is 3. The van der Waals surface area contributed by atoms with Crippen LogP contribution < -0.4 is 11.2 Å². The van der Waals surface area contributed by atoms with Gasteiger partial charge < -0.3 is 11.2 Å². The van der Waals surface area contributed by atoms with E-state index in [2.05, 4.69) is 5.43 Å². The zero-order valence-corrected chi connectivity index (χ0v) is 5.41. The molecule has 0 aromatic heterocycles. The predicted octanol–water partition coefficient (Wildman–Crippen LogP) is 0.139. The van der Waals surface area contributed by atoms with Gasteiger partial charge in [0.05, 0.1) is 6.17 Å². The van der Waals surface area contributed by atoms with Crippen LogP contribution in [0.3, 0.4) is 0 Å². The van der Waals surface area contributed by atoms with Crippen molar-refractivity contribution < 1.29 is 0 Å². The van der Waals surface area contributed by atoms with Crippen LogP contribution in [0.2, 0.25) is 0 Å². The molecule has 0 aromatic rings. The summed E-state index contributed by atoms with van der Waals surface area (Å²) in [5.74, 6) is 0. The molecule has 0 bridgehead atoms. The average molecular weight is 125 g/mol. The molecule has 0 amide bonds. The lowest BCUT2D eigenvalue weighted by Gasteiger charge is -2.25. The summed E-state index contributed by atoms with van der Waals surface area (Å²) in [5.41, 5.74) is 8.50. The van der Waals surface area contributed by atoms with Crippen LogP contribution in [0.5, 0.6) is 0 Å². The van der Waals surface area contributed by atoms with Gasteiger partial charge in [0.2, 0.25) is 0 Å². The summed E-state index contributed by atoms with van der Waals surface area (Å²) in [5, 5.41) is 1.82. The minimum absolute atomic E-state index is 0.0196. The van der Waals surface area contributed by atoms with Crippen molar-refractivity contribution in [2.45, 2.75) is 13.1 Å². The van der Waals surface area contributed by atoms with Crippen molar-refractivity contribution in [2.75, 3.05) is 0 Å². The topological polar surface area (TPSA) is 41.3 Å². The second kappa shape index (κ2) is 2.55. The number of nitrogens with zero attached hydrogens (tertiary/aromatic N) is 1. The third kappa shape index (κ3) is 1.47. The molecule has 0 aliphatic carbocycles. The highest BCUT2D eigenvalue weighted by molar-refractivity contribution is 5.05. The van der Waals surface area contributed by atoms with E-state index >= 15 is 0 Å². The summed E-state index contributed by atoms with van der Waals surface area (Å²) < 4.78 is 0. The molecule has 0 saturated carbocycles. The van der Waals surface area contributed by atoms with Gasteiger partial charge in [0.1, 0.15) is 0 Å². The highest BCUT2D eigenvalue weighted by atomic mass is 15.5. The Kier molecular flexibility index (Phi) is 1.75. The smallest absolute Gasteiger partial charge is 0.0937 e. The number of allylic oxidation sites excluding steroid dienone is 2. The molecule has 3 nitrogen and oxygen atoms in total. The van der Waals surface area contributed by atoms with Crippen molar-refractivity contribution in [1.29, 1.82) is 0 Å². The molecule has 0 fully saturated rings. The fraction of sp³-hybridized carbons (Fsp3) is 0.333. The van der Waals surface area contributed by atoms with Crippen LogP contribution in [-0.4, -0.2) is 11.2 Å². The fourth-order valence-electron chi connectivity index (χ4n) is 0.623. The quantitative estimate of drug-likeness (QED) is 0.523. The molecule has 1 rings (SSSR count). The first-order valence-electron chi connectivity index (χ1n) is 2.94. The SMILES string of the molecule is CC(N)N1C=CC=CN1. The van der Waals surface area contributed by atoms with Crippen molar-refractivity contribution in [3.05, 3.63) is 24.6 Å². The molecule has 3 N–H and O–H groups in total. The Balaban J connectivity index is 2.46. The third-order valence-corrected chi connectivity index (χ3v) is 1.12. The zero-order valence-electron chi connectivity index (χ0n) is 5.41. The van der Waals surface area contributed by atoms with Gasteiger partial charge in [0.25, 0.3) is 0 Å². The Morgan fingerprint density at radius 3 is 2.67 bits per heavy atom. The van der Waals surface area contributed by atoms with E-state index in [1.165, 1.54) is 0 Å². The van der Waals surface area contributed by atoms with Gasteiger partial charge in [-0.1, -0.05) is 0 Å². The summed E-state index contributed by atoms with van der Waals surface area (Å²) in [6, 6.07) is 0. The molecule has 1 unspecified atom stereocenters. The predicted molar refractivity (Wildman–Crippen MR) is 36.9 cm³/mol. The van der Waals surface area contributed by atoms with Gasteiger partial charge in [0.15, 0.2) is 0 Å². The normalized spacial score (nSPS) is 19.6. The zero-order chi connectivity index (χ0) is 6.69. The monoisotopic (exact) mass is 125 g/mol. The Morgan fingerprint density at radius 2 is 2.33 bits per heavy atom. The summed E-state index contributed by atoms with van der Waals surface area (Å²) in [4.78, 5) is 0. The number of nitrogens with two attached hydrogens (primary N) is 1. The van der Waals surface area contributed by atoms with Gasteiger partial charge in [-0.15, -0.1) is 0 Å². The average Bonchev–Trinajstić information content (AvgIpc) is 1.90. The van der Waals surface area contributed by atoms with Gasteiger partial charge in [0, 0.05) is 12.4 Å². The number of nitrogens with one attached hydrogen (secondary N) is 1. The van der Waals surface area contributed by atoms with Crippen molar-refractivity contribution in [2.24, 2.45) is 5.73 Å². The molecule has 0 aromatic carbocycles. The lowest BCUT2D eigenvalue weighted by Crippen LogP contribution is -2.43. The van der Waals surface area contributed by atoms with E-state index in [0.717, 1.165) is 0 Å². The summed E-state index contributed by atoms with van der Waals surface area (Å²) in [6.07, 6.45) is 7.60. The first kappa shape index (κ1) is 6.16. The number of rotatable bonds is 1. The second-order valence-corrected chi connectivity index (χ2v) is 1.98. The minimum atomic E-state index is 0.0196. The van der Waals surface area contributed by atoms with E-state index in [1.807, 2.05) is 36.5 Å². The Labute approximate surface area is 54.8 Å². The lowest BCUT2D eigenvalue weighted by atomic mass is 10.5. The van der Waals surface area contributed by atoms with E-state index in [9.17, 15) is 0 Å². The second-order valence-electron chi connectivity index (χ2n) is 1.98. The van der Waals surface area contributed by atoms with Crippen molar-refractivity contribution in [1.82, 2.24) is 10.4 Å². The van der Waals surface area contributed by atoms with Crippen LogP contribution >= 0.6 is 0 Å². The van der Waals surface area contributed by atoms with Crippen LogP contribution in [0, 0.1) is 0 Å². The van der Waals surface area contributed by atoms with Crippen LogP contribution in [0.15, 0.2) is 24.6 Å². The standard InChI is InChI=1S/C6H11N3/c1-6(7)9-5-3-2-4-8-9/h2-6,8H,7H2,1H3. The van der Waals surface area contributed by atoms with E-state index < -0.39 is 0 Å². The van der Waals surface area contributed by atoms with E-state index in [4.69, 9.17) is 5.73 Å². The molecule has 50 valence electrons. The molecule has 1 aliphatic heterocycles.